The van der Waals surface area contributed by atoms with Crippen molar-refractivity contribution in [3.8, 4) is 5.82 Å². The molecule has 0 aliphatic carbocycles. The fourth-order valence-corrected chi connectivity index (χ4v) is 5.02. The topological polar surface area (TPSA) is 101 Å². The van der Waals surface area contributed by atoms with Gasteiger partial charge in [0.15, 0.2) is 11.5 Å². The van der Waals surface area contributed by atoms with Crippen molar-refractivity contribution in [3.63, 3.8) is 0 Å². The first-order valence-electron chi connectivity index (χ1n) is 8.64. The number of amides is 1. The molecule has 0 radical (unpaired) electrons. The molecule has 0 unspecified atom stereocenters. The Bertz CT molecular complexity index is 1250. The standard InChI is InChI=1S/C18H13ClFN7OS/c1-8-12-15(13-9(19)3-2-4-10(13)20)29-5-11(28)25-17(12)27(26-8)18-14-16(22-6-21-14)23-7-24-18/h2-4,6-7,15H,5H2,1H3,(H,25,28)(H,21,22,23,24)/t15-/m0/s1. The highest BCUT2D eigenvalue weighted by Gasteiger charge is 2.33. The Labute approximate surface area is 172 Å². The number of aromatic nitrogens is 6. The molecule has 29 heavy (non-hydrogen) atoms. The van der Waals surface area contributed by atoms with Gasteiger partial charge in [0, 0.05) is 16.1 Å². The smallest absolute Gasteiger partial charge is 0.235 e. The average molecular weight is 430 g/mol. The minimum atomic E-state index is -0.509. The van der Waals surface area contributed by atoms with Gasteiger partial charge in [-0.15, -0.1) is 11.8 Å². The van der Waals surface area contributed by atoms with Gasteiger partial charge in [0.25, 0.3) is 0 Å². The van der Waals surface area contributed by atoms with E-state index in [-0.39, 0.29) is 11.7 Å². The van der Waals surface area contributed by atoms with Crippen LogP contribution >= 0.6 is 23.4 Å². The van der Waals surface area contributed by atoms with Gasteiger partial charge in [-0.25, -0.2) is 19.3 Å². The third-order valence-electron chi connectivity index (χ3n) is 4.67. The number of thioether (sulfide) groups is 1. The molecule has 11 heteroatoms. The second-order valence-electron chi connectivity index (χ2n) is 6.43. The lowest BCUT2D eigenvalue weighted by Crippen LogP contribution is -2.16. The highest BCUT2D eigenvalue weighted by atomic mass is 35.5. The monoisotopic (exact) mass is 429 g/mol. The summed E-state index contributed by atoms with van der Waals surface area (Å²) in [6, 6.07) is 4.55. The van der Waals surface area contributed by atoms with Crippen LogP contribution in [0.1, 0.15) is 22.1 Å². The molecule has 4 heterocycles. The molecular formula is C18H13ClFN7OS. The minimum Gasteiger partial charge on any atom is -0.340 e. The molecule has 0 saturated carbocycles. The summed E-state index contributed by atoms with van der Waals surface area (Å²) in [4.78, 5) is 28.0. The molecule has 1 amide bonds. The number of anilines is 1. The van der Waals surface area contributed by atoms with E-state index in [1.54, 1.807) is 19.1 Å². The molecule has 1 aliphatic heterocycles. The molecule has 0 spiro atoms. The Morgan fingerprint density at radius 1 is 1.28 bits per heavy atom. The normalized spacial score (nSPS) is 16.5. The predicted molar refractivity (Wildman–Crippen MR) is 108 cm³/mol. The van der Waals surface area contributed by atoms with Gasteiger partial charge in [0.05, 0.1) is 23.0 Å². The minimum absolute atomic E-state index is 0.146. The molecular weight excluding hydrogens is 417 g/mol. The van der Waals surface area contributed by atoms with Crippen molar-refractivity contribution in [1.82, 2.24) is 29.7 Å². The van der Waals surface area contributed by atoms with Gasteiger partial charge >= 0.3 is 0 Å². The van der Waals surface area contributed by atoms with Crippen LogP contribution < -0.4 is 5.32 Å². The summed E-state index contributed by atoms with van der Waals surface area (Å²) in [5, 5.41) is 7.26. The predicted octanol–water partition coefficient (Wildman–Crippen LogP) is 3.41. The SMILES string of the molecule is Cc1nn(-c2ncnc3nc[nH]c23)c2c1[C@@H](c1c(F)cccc1Cl)SCC(=O)N2. The van der Waals surface area contributed by atoms with Crippen molar-refractivity contribution in [3.05, 3.63) is 58.5 Å². The number of benzene rings is 1. The van der Waals surface area contributed by atoms with Crippen LogP contribution in [-0.2, 0) is 4.79 Å². The molecule has 8 nitrogen and oxygen atoms in total. The van der Waals surface area contributed by atoms with E-state index < -0.39 is 11.1 Å². The summed E-state index contributed by atoms with van der Waals surface area (Å²) in [6.45, 7) is 1.81. The molecule has 4 aromatic rings. The number of nitrogens with one attached hydrogen (secondary N) is 2. The molecule has 0 fully saturated rings. The van der Waals surface area contributed by atoms with Crippen molar-refractivity contribution in [2.75, 3.05) is 11.1 Å². The van der Waals surface area contributed by atoms with Crippen molar-refractivity contribution < 1.29 is 9.18 Å². The Hall–Kier alpha value is -2.98. The third-order valence-corrected chi connectivity index (χ3v) is 6.24. The van der Waals surface area contributed by atoms with E-state index in [1.807, 2.05) is 0 Å². The maximum atomic E-state index is 14.7. The van der Waals surface area contributed by atoms with Gasteiger partial charge < -0.3 is 10.3 Å². The van der Waals surface area contributed by atoms with Crippen molar-refractivity contribution in [2.45, 2.75) is 12.2 Å². The number of H-pyrrole nitrogens is 1. The Morgan fingerprint density at radius 3 is 2.97 bits per heavy atom. The van der Waals surface area contributed by atoms with Crippen LogP contribution in [0.4, 0.5) is 10.2 Å². The third kappa shape index (κ3) is 2.87. The number of halogens is 2. The van der Waals surface area contributed by atoms with E-state index in [1.165, 1.54) is 35.2 Å². The van der Waals surface area contributed by atoms with E-state index in [9.17, 15) is 9.18 Å². The molecule has 0 bridgehead atoms. The first-order chi connectivity index (χ1) is 14.0. The number of carbonyl (C=O) groups excluding carboxylic acids is 1. The number of imidazole rings is 1. The van der Waals surface area contributed by atoms with Crippen LogP contribution in [0.3, 0.4) is 0 Å². The van der Waals surface area contributed by atoms with E-state index >= 15 is 0 Å². The number of aryl methyl sites for hydroxylation is 1. The quantitative estimate of drug-likeness (QED) is 0.506. The molecule has 3 aromatic heterocycles. The van der Waals surface area contributed by atoms with Crippen LogP contribution in [0, 0.1) is 12.7 Å². The lowest BCUT2D eigenvalue weighted by Gasteiger charge is -2.17. The van der Waals surface area contributed by atoms with Crippen molar-refractivity contribution in [1.29, 1.82) is 0 Å². The first kappa shape index (κ1) is 18.1. The van der Waals surface area contributed by atoms with Gasteiger partial charge in [-0.3, -0.25) is 4.79 Å². The van der Waals surface area contributed by atoms with E-state index in [2.05, 4.69) is 30.4 Å². The summed E-state index contributed by atoms with van der Waals surface area (Å²) in [6.07, 6.45) is 2.88. The van der Waals surface area contributed by atoms with Gasteiger partial charge in [-0.05, 0) is 19.1 Å². The second-order valence-corrected chi connectivity index (χ2v) is 7.93. The average Bonchev–Trinajstić information content (AvgIpc) is 3.24. The van der Waals surface area contributed by atoms with Gasteiger partial charge in [-0.1, -0.05) is 17.7 Å². The Balaban J connectivity index is 1.77. The zero-order valence-corrected chi connectivity index (χ0v) is 16.6. The van der Waals surface area contributed by atoms with Crippen LogP contribution in [0.2, 0.25) is 5.02 Å². The van der Waals surface area contributed by atoms with E-state index in [4.69, 9.17) is 11.6 Å². The fourth-order valence-electron chi connectivity index (χ4n) is 3.44. The molecule has 1 atom stereocenters. The molecule has 0 saturated heterocycles. The zero-order chi connectivity index (χ0) is 20.1. The zero-order valence-electron chi connectivity index (χ0n) is 15.0. The van der Waals surface area contributed by atoms with Crippen LogP contribution in [0.5, 0.6) is 0 Å². The van der Waals surface area contributed by atoms with Crippen molar-refractivity contribution in [2.24, 2.45) is 0 Å². The largest absolute Gasteiger partial charge is 0.340 e. The van der Waals surface area contributed by atoms with Crippen LogP contribution in [0.15, 0.2) is 30.9 Å². The lowest BCUT2D eigenvalue weighted by atomic mass is 10.0. The van der Waals surface area contributed by atoms with Gasteiger partial charge in [0.1, 0.15) is 23.5 Å². The molecule has 146 valence electrons. The number of aromatic amines is 1. The summed E-state index contributed by atoms with van der Waals surface area (Å²) < 4.78 is 16.2. The number of nitrogens with zero attached hydrogens (tertiary/aromatic N) is 5. The Morgan fingerprint density at radius 2 is 2.14 bits per heavy atom. The number of hydrogen-bond donors (Lipinski definition) is 2. The lowest BCUT2D eigenvalue weighted by molar-refractivity contribution is -0.113. The van der Waals surface area contributed by atoms with Gasteiger partial charge in [0.2, 0.25) is 5.91 Å². The van der Waals surface area contributed by atoms with Crippen molar-refractivity contribution >= 4 is 46.3 Å². The first-order valence-corrected chi connectivity index (χ1v) is 10.1. The maximum absolute atomic E-state index is 14.7. The molecule has 5 rings (SSSR count). The summed E-state index contributed by atoms with van der Waals surface area (Å²) >= 11 is 7.64. The number of hydrogen-bond acceptors (Lipinski definition) is 6. The van der Waals surface area contributed by atoms with Gasteiger partial charge in [-0.2, -0.15) is 9.78 Å². The highest BCUT2D eigenvalue weighted by molar-refractivity contribution is 8.00. The maximum Gasteiger partial charge on any atom is 0.235 e. The number of rotatable bonds is 2. The van der Waals surface area contributed by atoms with E-state index in [0.717, 1.165) is 0 Å². The number of carbonyl (C=O) groups is 1. The summed E-state index contributed by atoms with van der Waals surface area (Å²) in [7, 11) is 0. The number of fused-ring (bicyclic) bond motifs is 2. The van der Waals surface area contributed by atoms with E-state index in [0.29, 0.717) is 44.6 Å². The highest BCUT2D eigenvalue weighted by Crippen LogP contribution is 2.46. The molecule has 1 aliphatic rings. The Kier molecular flexibility index (Phi) is 4.25. The molecule has 1 aromatic carbocycles. The van der Waals surface area contributed by atoms with Crippen LogP contribution in [0.25, 0.3) is 17.0 Å². The summed E-state index contributed by atoms with van der Waals surface area (Å²) in [5.41, 5.74) is 2.68. The summed E-state index contributed by atoms with van der Waals surface area (Å²) in [5.74, 6) is 0.355. The molecule has 2 N–H and O–H groups in total. The van der Waals surface area contributed by atoms with Crippen LogP contribution in [-0.4, -0.2) is 41.4 Å². The second kappa shape index (κ2) is 6.82. The fraction of sp³-hybridized carbons (Fsp3) is 0.167.